The van der Waals surface area contributed by atoms with Gasteiger partial charge in [0.15, 0.2) is 6.61 Å². The van der Waals surface area contributed by atoms with Crippen molar-refractivity contribution in [3.63, 3.8) is 0 Å². The van der Waals surface area contributed by atoms with Gasteiger partial charge in [-0.15, -0.1) is 0 Å². The molecule has 0 aromatic heterocycles. The second-order valence-electron chi connectivity index (χ2n) is 3.56. The molecular formula is C10H7Cl2F2NO2. The number of rotatable bonds is 1. The molecule has 1 heterocycles. The number of nitrogens with one attached hydrogen (secondary N) is 1. The zero-order valence-electron chi connectivity index (χ0n) is 8.34. The van der Waals surface area contributed by atoms with E-state index in [9.17, 15) is 13.6 Å². The van der Waals surface area contributed by atoms with Gasteiger partial charge in [0.1, 0.15) is 6.04 Å². The number of ether oxygens (including phenoxy) is 1. The first-order valence-electron chi connectivity index (χ1n) is 4.67. The smallest absolute Gasteiger partial charge is 0.408 e. The Hall–Kier alpha value is -1.07. The topological polar surface area (TPSA) is 38.3 Å². The number of hydrogen-bond donors (Lipinski definition) is 1. The summed E-state index contributed by atoms with van der Waals surface area (Å²) in [6, 6.07) is 2.82. The fraction of sp³-hybridized carbons (Fsp3) is 0.300. The summed E-state index contributed by atoms with van der Waals surface area (Å²) in [5.74, 6) is -3.23. The molecule has 1 atom stereocenters. The van der Waals surface area contributed by atoms with E-state index < -0.39 is 24.7 Å². The Balaban J connectivity index is 2.43. The zero-order chi connectivity index (χ0) is 12.6. The third-order valence-electron chi connectivity index (χ3n) is 2.37. The summed E-state index contributed by atoms with van der Waals surface area (Å²) < 4.78 is 31.4. The highest BCUT2D eigenvalue weighted by Gasteiger charge is 2.47. The lowest BCUT2D eigenvalue weighted by atomic mass is 10.00. The standard InChI is InChI=1S/C10H7Cl2F2NO2/c11-6-3-1-2-5(7(6)12)8-10(13,14)4-17-9(16)15-8/h1-3,8H,4H2,(H,15,16)/t8-/m1/s1. The van der Waals surface area contributed by atoms with Crippen LogP contribution in [0.15, 0.2) is 18.2 Å². The van der Waals surface area contributed by atoms with Crippen LogP contribution in [-0.2, 0) is 4.74 Å². The SMILES string of the molecule is O=C1N[C@H](c2cccc(Cl)c2Cl)C(F)(F)CO1. The molecule has 3 nitrogen and oxygen atoms in total. The lowest BCUT2D eigenvalue weighted by Gasteiger charge is -2.32. The number of hydrogen-bond acceptors (Lipinski definition) is 2. The van der Waals surface area contributed by atoms with Gasteiger partial charge in [-0.1, -0.05) is 35.3 Å². The molecule has 0 spiro atoms. The number of carbonyl (C=O) groups is 1. The van der Waals surface area contributed by atoms with Crippen LogP contribution in [0.1, 0.15) is 11.6 Å². The predicted octanol–water partition coefficient (Wildman–Crippen LogP) is 3.41. The highest BCUT2D eigenvalue weighted by atomic mass is 35.5. The molecule has 7 heteroatoms. The van der Waals surface area contributed by atoms with Gasteiger partial charge < -0.3 is 10.1 Å². The monoisotopic (exact) mass is 281 g/mol. The summed E-state index contributed by atoms with van der Waals surface area (Å²) in [7, 11) is 0. The van der Waals surface area contributed by atoms with E-state index in [4.69, 9.17) is 23.2 Å². The van der Waals surface area contributed by atoms with Crippen molar-refractivity contribution in [3.8, 4) is 0 Å². The summed E-state index contributed by atoms with van der Waals surface area (Å²) in [5, 5.41) is 2.19. The second-order valence-corrected chi connectivity index (χ2v) is 4.34. The van der Waals surface area contributed by atoms with Crippen LogP contribution >= 0.6 is 23.2 Å². The number of cyclic esters (lactones) is 1. The van der Waals surface area contributed by atoms with E-state index in [1.807, 2.05) is 5.32 Å². The molecule has 1 aliphatic heterocycles. The molecule has 1 fully saturated rings. The maximum atomic E-state index is 13.6. The second kappa shape index (κ2) is 4.31. The van der Waals surface area contributed by atoms with E-state index in [1.54, 1.807) is 0 Å². The lowest BCUT2D eigenvalue weighted by Crippen LogP contribution is -2.49. The normalized spacial score (nSPS) is 22.8. The van der Waals surface area contributed by atoms with Crippen molar-refractivity contribution >= 4 is 29.3 Å². The van der Waals surface area contributed by atoms with Gasteiger partial charge in [0, 0.05) is 5.56 Å². The number of alkyl halides is 2. The molecule has 2 rings (SSSR count). The summed E-state index contributed by atoms with van der Waals surface area (Å²) in [4.78, 5) is 11.0. The van der Waals surface area contributed by atoms with E-state index >= 15 is 0 Å². The molecule has 0 saturated carbocycles. The van der Waals surface area contributed by atoms with Crippen molar-refractivity contribution in [3.05, 3.63) is 33.8 Å². The van der Waals surface area contributed by atoms with Crippen LogP contribution in [0.2, 0.25) is 10.0 Å². The van der Waals surface area contributed by atoms with Gasteiger partial charge in [0.2, 0.25) is 0 Å². The first-order chi connectivity index (χ1) is 7.92. The molecule has 0 radical (unpaired) electrons. The molecule has 1 amide bonds. The van der Waals surface area contributed by atoms with E-state index in [-0.39, 0.29) is 15.6 Å². The van der Waals surface area contributed by atoms with E-state index in [0.717, 1.165) is 0 Å². The molecule has 1 aromatic carbocycles. The van der Waals surface area contributed by atoms with Crippen molar-refractivity contribution in [2.45, 2.75) is 12.0 Å². The van der Waals surface area contributed by atoms with Crippen molar-refractivity contribution in [1.82, 2.24) is 5.32 Å². The van der Waals surface area contributed by atoms with Gasteiger partial charge in [-0.2, -0.15) is 0 Å². The first-order valence-corrected chi connectivity index (χ1v) is 5.42. The number of halogens is 4. The van der Waals surface area contributed by atoms with Crippen LogP contribution in [0, 0.1) is 0 Å². The number of benzene rings is 1. The molecule has 17 heavy (non-hydrogen) atoms. The van der Waals surface area contributed by atoms with Crippen LogP contribution in [0.5, 0.6) is 0 Å². The Labute approximate surface area is 106 Å². The van der Waals surface area contributed by atoms with Crippen molar-refractivity contribution in [2.75, 3.05) is 6.61 Å². The zero-order valence-corrected chi connectivity index (χ0v) is 9.86. The van der Waals surface area contributed by atoms with Crippen molar-refractivity contribution < 1.29 is 18.3 Å². The van der Waals surface area contributed by atoms with E-state index in [2.05, 4.69) is 4.74 Å². The Morgan fingerprint density at radius 1 is 1.41 bits per heavy atom. The van der Waals surface area contributed by atoms with Gasteiger partial charge >= 0.3 is 12.0 Å². The van der Waals surface area contributed by atoms with Crippen LogP contribution in [0.25, 0.3) is 0 Å². The summed E-state index contributed by atoms with van der Waals surface area (Å²) in [6.07, 6.45) is -0.906. The molecule has 1 N–H and O–H groups in total. The van der Waals surface area contributed by atoms with Crippen LogP contribution in [0.4, 0.5) is 13.6 Å². The van der Waals surface area contributed by atoms with Crippen LogP contribution < -0.4 is 5.32 Å². The van der Waals surface area contributed by atoms with Crippen molar-refractivity contribution in [1.29, 1.82) is 0 Å². The van der Waals surface area contributed by atoms with Gasteiger partial charge in [-0.25, -0.2) is 13.6 Å². The average molecular weight is 282 g/mol. The average Bonchev–Trinajstić information content (AvgIpc) is 2.26. The maximum Gasteiger partial charge on any atom is 0.408 e. The van der Waals surface area contributed by atoms with Gasteiger partial charge in [0.05, 0.1) is 10.0 Å². The van der Waals surface area contributed by atoms with E-state index in [0.29, 0.717) is 0 Å². The Bertz CT molecular complexity index is 468. The highest BCUT2D eigenvalue weighted by molar-refractivity contribution is 6.42. The summed E-state index contributed by atoms with van der Waals surface area (Å²) in [6.45, 7) is -0.980. The van der Waals surface area contributed by atoms with Crippen LogP contribution in [0.3, 0.4) is 0 Å². The fourth-order valence-electron chi connectivity index (χ4n) is 1.56. The van der Waals surface area contributed by atoms with E-state index in [1.165, 1.54) is 18.2 Å². The Morgan fingerprint density at radius 2 is 2.12 bits per heavy atom. The molecule has 92 valence electrons. The minimum Gasteiger partial charge on any atom is -0.443 e. The molecule has 0 aliphatic carbocycles. The van der Waals surface area contributed by atoms with Gasteiger partial charge in [0.25, 0.3) is 0 Å². The van der Waals surface area contributed by atoms with Gasteiger partial charge in [-0.05, 0) is 6.07 Å². The quantitative estimate of drug-likeness (QED) is 0.857. The predicted molar refractivity (Wildman–Crippen MR) is 58.6 cm³/mol. The fourth-order valence-corrected chi connectivity index (χ4v) is 1.98. The third-order valence-corrected chi connectivity index (χ3v) is 3.21. The maximum absolute atomic E-state index is 13.6. The summed E-state index contributed by atoms with van der Waals surface area (Å²) >= 11 is 11.6. The minimum atomic E-state index is -3.23. The molecule has 1 saturated heterocycles. The van der Waals surface area contributed by atoms with Crippen molar-refractivity contribution in [2.24, 2.45) is 0 Å². The lowest BCUT2D eigenvalue weighted by molar-refractivity contribution is -0.104. The summed E-state index contributed by atoms with van der Waals surface area (Å²) in [5.41, 5.74) is 0.0702. The largest absolute Gasteiger partial charge is 0.443 e. The Morgan fingerprint density at radius 3 is 2.82 bits per heavy atom. The molecule has 1 aromatic rings. The molecule has 1 aliphatic rings. The third kappa shape index (κ3) is 2.30. The highest BCUT2D eigenvalue weighted by Crippen LogP contribution is 2.39. The minimum absolute atomic E-state index is 0.000965. The molecular weight excluding hydrogens is 275 g/mol. The first kappa shape index (κ1) is 12.4. The van der Waals surface area contributed by atoms with Crippen LogP contribution in [-0.4, -0.2) is 18.6 Å². The number of alkyl carbamates (subject to hydrolysis) is 1. The molecule has 0 unspecified atom stereocenters. The Kier molecular flexibility index (Phi) is 3.14. The number of amides is 1. The molecule has 0 bridgehead atoms. The van der Waals surface area contributed by atoms with Gasteiger partial charge in [-0.3, -0.25) is 0 Å². The number of carbonyl (C=O) groups excluding carboxylic acids is 1.